The number of hydrogen-bond donors (Lipinski definition) is 1. The predicted molar refractivity (Wildman–Crippen MR) is 342 cm³/mol. The van der Waals surface area contributed by atoms with Crippen LogP contribution in [0.2, 0.25) is 0 Å². The standard InChI is InChI=1S/C74H92N4O8/c1-49-59(79-43-51-25-17-13-18-26-51)36-61(81-45-53-29-21-15-22-30-53)67(85-49)73(11)41-56-33-55-39-72(10,48-84-70(6,7)8)64(75-55)38-66-74(12,42-58(78-66)34-63-71(9,47-83-69(3,4)5)40-57(76-63)35-65(73)77-56)68-62(82-46-54-31-23-16-24-32-54)37-60(50(2)86-68)80-44-52-27-19-14-20-28-52/h13-35,38-39,49-50,59-62,67-68,76H,36-37,40-48H2,1-12H3/b56-33-,57-35?,63-34-,66-38-/t49-,50-,59-,60-,61-,62-,67-,68-,71?,72?,73-,74-/m1/s1. The molecule has 7 aliphatic heterocycles. The molecule has 3 saturated heterocycles. The minimum atomic E-state index is -0.667. The summed E-state index contributed by atoms with van der Waals surface area (Å²) in [6.45, 7) is 28.9. The Labute approximate surface area is 512 Å². The normalized spacial score (nSPS) is 33.7. The molecule has 86 heavy (non-hydrogen) atoms. The molecule has 12 nitrogen and oxygen atoms in total. The van der Waals surface area contributed by atoms with E-state index in [1.54, 1.807) is 0 Å². The molecule has 11 rings (SSSR count). The van der Waals surface area contributed by atoms with Crippen molar-refractivity contribution in [1.82, 2.24) is 5.32 Å². The van der Waals surface area contributed by atoms with Crippen molar-refractivity contribution >= 4 is 17.1 Å². The van der Waals surface area contributed by atoms with Crippen LogP contribution in [0.4, 0.5) is 0 Å². The summed E-state index contributed by atoms with van der Waals surface area (Å²) in [6.07, 6.45) is 12.2. The van der Waals surface area contributed by atoms with Crippen molar-refractivity contribution in [2.24, 2.45) is 36.6 Å². The van der Waals surface area contributed by atoms with Gasteiger partial charge in [0.15, 0.2) is 0 Å². The lowest BCUT2D eigenvalue weighted by Gasteiger charge is -2.47. The van der Waals surface area contributed by atoms with Crippen molar-refractivity contribution in [3.63, 3.8) is 0 Å². The minimum absolute atomic E-state index is 0.191. The molecular formula is C74H92N4O8. The van der Waals surface area contributed by atoms with Gasteiger partial charge in [-0.25, -0.2) is 0 Å². The third-order valence-electron chi connectivity index (χ3n) is 18.3. The van der Waals surface area contributed by atoms with E-state index in [2.05, 4.69) is 216 Å². The number of ether oxygens (including phenoxy) is 8. The van der Waals surface area contributed by atoms with Crippen molar-refractivity contribution in [2.45, 2.75) is 202 Å². The number of benzene rings is 4. The molecule has 0 aromatic heterocycles. The Morgan fingerprint density at radius 2 is 0.965 bits per heavy atom. The molecule has 0 saturated carbocycles. The van der Waals surface area contributed by atoms with Gasteiger partial charge in [-0.1, -0.05) is 142 Å². The van der Waals surface area contributed by atoms with E-state index in [0.717, 1.165) is 67.9 Å². The molecule has 8 bridgehead atoms. The van der Waals surface area contributed by atoms with Gasteiger partial charge in [-0.05, 0) is 115 Å². The van der Waals surface area contributed by atoms with E-state index in [9.17, 15) is 0 Å². The molecule has 4 aromatic carbocycles. The first kappa shape index (κ1) is 61.7. The molecule has 0 radical (unpaired) electrons. The third-order valence-corrected chi connectivity index (χ3v) is 18.3. The molecule has 7 aliphatic rings. The second-order valence-electron chi connectivity index (χ2n) is 28.2. The highest BCUT2D eigenvalue weighted by Crippen LogP contribution is 2.52. The van der Waals surface area contributed by atoms with Crippen molar-refractivity contribution in [3.8, 4) is 0 Å². The van der Waals surface area contributed by atoms with Gasteiger partial charge in [0.2, 0.25) is 0 Å². The first-order valence-corrected chi connectivity index (χ1v) is 31.3. The van der Waals surface area contributed by atoms with Crippen LogP contribution < -0.4 is 5.32 Å². The van der Waals surface area contributed by atoms with Gasteiger partial charge in [0, 0.05) is 71.2 Å². The average Bonchev–Trinajstić information content (AvgIpc) is 1.81. The number of hydrogen-bond acceptors (Lipinski definition) is 12. The Morgan fingerprint density at radius 1 is 0.500 bits per heavy atom. The third kappa shape index (κ3) is 14.3. The van der Waals surface area contributed by atoms with Gasteiger partial charge in [0.1, 0.15) is 0 Å². The largest absolute Gasteiger partial charge is 0.375 e. The highest BCUT2D eigenvalue weighted by molar-refractivity contribution is 6.07. The molecule has 0 spiro atoms. The molecule has 0 aliphatic carbocycles. The van der Waals surface area contributed by atoms with Crippen molar-refractivity contribution in [3.05, 3.63) is 202 Å². The molecule has 7 heterocycles. The predicted octanol–water partition coefficient (Wildman–Crippen LogP) is 14.9. The Hall–Kier alpha value is -5.93. The first-order valence-electron chi connectivity index (χ1n) is 31.3. The van der Waals surface area contributed by atoms with E-state index in [1.807, 2.05) is 24.3 Å². The van der Waals surface area contributed by atoms with Crippen LogP contribution in [-0.2, 0) is 64.3 Å². The van der Waals surface area contributed by atoms with Gasteiger partial charge >= 0.3 is 0 Å². The molecule has 3 fully saturated rings. The second kappa shape index (κ2) is 25.3. The number of rotatable bonds is 18. The summed E-state index contributed by atoms with van der Waals surface area (Å²) in [6, 6.07) is 41.5. The van der Waals surface area contributed by atoms with Crippen LogP contribution in [0.25, 0.3) is 0 Å². The zero-order valence-electron chi connectivity index (χ0n) is 52.9. The lowest BCUT2D eigenvalue weighted by atomic mass is 9.72. The maximum atomic E-state index is 7.38. The van der Waals surface area contributed by atoms with Crippen molar-refractivity contribution < 1.29 is 37.9 Å². The number of nitrogens with zero attached hydrogens (tertiary/aromatic N) is 3. The lowest BCUT2D eigenvalue weighted by Crippen LogP contribution is -2.56. The molecular weight excluding hydrogens is 1070 g/mol. The quantitative estimate of drug-likeness (QED) is 0.104. The highest BCUT2D eigenvalue weighted by atomic mass is 16.6. The van der Waals surface area contributed by atoms with Gasteiger partial charge < -0.3 is 43.2 Å². The summed E-state index contributed by atoms with van der Waals surface area (Å²) in [5.41, 5.74) is 8.74. The highest BCUT2D eigenvalue weighted by Gasteiger charge is 2.55. The van der Waals surface area contributed by atoms with Crippen LogP contribution >= 0.6 is 0 Å². The van der Waals surface area contributed by atoms with Crippen LogP contribution in [0.15, 0.2) is 195 Å². The SMILES string of the molecule is C[C@H]1O[C@@H]([C@]2(C)C/C3=C/C4=CC(C)(COC(C)(C)C)C(=N4)/C=C4N=C(/C=C5\NC(=CC2=N3)CC5(C)COC(C)(C)C)C[C@@]\4(C)[C@@H]2O[C@H](C)[C@H](OCc3ccccc3)C[C@H]2OCc2ccccc2)[C@H](OCc2ccccc2)C[C@H]1OCc1ccccc1. The van der Waals surface area contributed by atoms with E-state index < -0.39 is 33.4 Å². The fourth-order valence-electron chi connectivity index (χ4n) is 13.3. The number of fused-ring (bicyclic) bond motifs is 5. The molecule has 12 atom stereocenters. The molecule has 1 N–H and O–H groups in total. The minimum Gasteiger partial charge on any atom is -0.375 e. The van der Waals surface area contributed by atoms with Gasteiger partial charge in [-0.3, -0.25) is 15.0 Å². The lowest BCUT2D eigenvalue weighted by molar-refractivity contribution is -0.220. The molecule has 0 amide bonds. The number of allylic oxidation sites excluding steroid dienone is 6. The fourth-order valence-corrected chi connectivity index (χ4v) is 13.3. The van der Waals surface area contributed by atoms with Crippen LogP contribution in [0.3, 0.4) is 0 Å². The van der Waals surface area contributed by atoms with Crippen LogP contribution in [-0.4, -0.2) is 90.4 Å². The summed E-state index contributed by atoms with van der Waals surface area (Å²) in [7, 11) is 0. The van der Waals surface area contributed by atoms with Crippen molar-refractivity contribution in [2.75, 3.05) is 13.2 Å². The Bertz CT molecular complexity index is 3290. The maximum absolute atomic E-state index is 7.38. The molecule has 456 valence electrons. The summed E-state index contributed by atoms with van der Waals surface area (Å²) in [5, 5.41) is 4.01. The summed E-state index contributed by atoms with van der Waals surface area (Å²) in [4.78, 5) is 17.0. The summed E-state index contributed by atoms with van der Waals surface area (Å²) >= 11 is 0. The zero-order valence-corrected chi connectivity index (χ0v) is 52.9. The topological polar surface area (TPSA) is 123 Å². The number of nitrogens with one attached hydrogen (secondary N) is 1. The summed E-state index contributed by atoms with van der Waals surface area (Å²) < 4.78 is 55.9. The van der Waals surface area contributed by atoms with Gasteiger partial charge in [-0.2, -0.15) is 0 Å². The zero-order chi connectivity index (χ0) is 60.5. The van der Waals surface area contributed by atoms with E-state index in [-0.39, 0.29) is 48.3 Å². The first-order chi connectivity index (χ1) is 41.0. The van der Waals surface area contributed by atoms with Crippen molar-refractivity contribution in [1.29, 1.82) is 0 Å². The molecule has 12 heteroatoms. The van der Waals surface area contributed by atoms with E-state index in [1.165, 1.54) is 0 Å². The van der Waals surface area contributed by atoms with E-state index >= 15 is 0 Å². The van der Waals surface area contributed by atoms with E-state index in [0.29, 0.717) is 71.7 Å². The van der Waals surface area contributed by atoms with Crippen LogP contribution in [0.1, 0.15) is 137 Å². The molecule has 4 aromatic rings. The smallest absolute Gasteiger partial charge is 0.0955 e. The molecule has 2 unspecified atom stereocenters. The average molecular weight is 1170 g/mol. The van der Waals surface area contributed by atoms with Gasteiger partial charge in [0.05, 0.1) is 128 Å². The fraction of sp³-hybridized carbons (Fsp3) is 0.500. The number of aliphatic imine (C=N–C) groups is 3. The summed E-state index contributed by atoms with van der Waals surface area (Å²) in [5.74, 6) is 0. The Morgan fingerprint density at radius 3 is 1.45 bits per heavy atom. The Kier molecular flexibility index (Phi) is 18.1. The van der Waals surface area contributed by atoms with Crippen LogP contribution in [0, 0.1) is 21.7 Å². The van der Waals surface area contributed by atoms with Gasteiger partial charge in [-0.15, -0.1) is 0 Å². The second-order valence-corrected chi connectivity index (χ2v) is 28.2. The Balaban J connectivity index is 1.00. The van der Waals surface area contributed by atoms with Gasteiger partial charge in [0.25, 0.3) is 0 Å². The monoisotopic (exact) mass is 1160 g/mol. The van der Waals surface area contributed by atoms with Crippen LogP contribution in [0.5, 0.6) is 0 Å². The maximum Gasteiger partial charge on any atom is 0.0955 e. The van der Waals surface area contributed by atoms with E-state index in [4.69, 9.17) is 52.9 Å².